The van der Waals surface area contributed by atoms with Crippen molar-refractivity contribution in [3.05, 3.63) is 122 Å². The predicted molar refractivity (Wildman–Crippen MR) is 269 cm³/mol. The molecule has 0 spiro atoms. The molecule has 6 heteroatoms. The smallest absolute Gasteiger partial charge is 0.306 e. The van der Waals surface area contributed by atoms with Gasteiger partial charge in [0.25, 0.3) is 0 Å². The second-order valence-corrected chi connectivity index (χ2v) is 16.0. The lowest BCUT2D eigenvalue weighted by Gasteiger charge is -2.18. The number of esters is 3. The molecular weight excluding hydrogens is 781 g/mol. The Hall–Kier alpha value is -4.19. The highest BCUT2D eigenvalue weighted by Crippen LogP contribution is 2.12. The SMILES string of the molecule is CC/C=C\C/C=C\C/C=C\C/C=C\C/C=C\C/C=C\CCCCCCCCC(=O)OCC(COC(=O)CCCCCCCCC)OC(=O)CC/C=C\C/C=C\C/C=C\C/C=C\CC. The fraction of sp³-hybridized carbons (Fsp3) is 0.596. The van der Waals surface area contributed by atoms with Gasteiger partial charge in [0, 0.05) is 19.3 Å². The maximum atomic E-state index is 12.7. The van der Waals surface area contributed by atoms with Gasteiger partial charge in [0.2, 0.25) is 0 Å². The van der Waals surface area contributed by atoms with Crippen LogP contribution in [-0.2, 0) is 28.6 Å². The Morgan fingerprint density at radius 2 is 0.651 bits per heavy atom. The van der Waals surface area contributed by atoms with Crippen LogP contribution in [0, 0.1) is 0 Å². The molecule has 0 aromatic heterocycles. The summed E-state index contributed by atoms with van der Waals surface area (Å²) < 4.78 is 16.6. The van der Waals surface area contributed by atoms with Gasteiger partial charge < -0.3 is 14.2 Å². The van der Waals surface area contributed by atoms with Crippen molar-refractivity contribution in [2.24, 2.45) is 0 Å². The predicted octanol–water partition coefficient (Wildman–Crippen LogP) is 16.5. The van der Waals surface area contributed by atoms with E-state index in [2.05, 4.69) is 130 Å². The maximum Gasteiger partial charge on any atom is 0.306 e. The van der Waals surface area contributed by atoms with Crippen molar-refractivity contribution in [2.75, 3.05) is 13.2 Å². The van der Waals surface area contributed by atoms with E-state index >= 15 is 0 Å². The first-order valence-corrected chi connectivity index (χ1v) is 25.0. The molecule has 1 unspecified atom stereocenters. The Morgan fingerprint density at radius 3 is 1.03 bits per heavy atom. The second-order valence-electron chi connectivity index (χ2n) is 16.0. The lowest BCUT2D eigenvalue weighted by molar-refractivity contribution is -0.166. The molecule has 0 aliphatic rings. The van der Waals surface area contributed by atoms with Gasteiger partial charge in [0.15, 0.2) is 6.10 Å². The lowest BCUT2D eigenvalue weighted by atomic mass is 10.1. The van der Waals surface area contributed by atoms with Gasteiger partial charge in [0.1, 0.15) is 13.2 Å². The summed E-state index contributed by atoms with van der Waals surface area (Å²) in [4.78, 5) is 37.7. The molecule has 63 heavy (non-hydrogen) atoms. The van der Waals surface area contributed by atoms with E-state index in [9.17, 15) is 14.4 Å². The third kappa shape index (κ3) is 48.7. The van der Waals surface area contributed by atoms with E-state index in [0.29, 0.717) is 19.3 Å². The summed E-state index contributed by atoms with van der Waals surface area (Å²) in [6.07, 6.45) is 69.3. The lowest BCUT2D eigenvalue weighted by Crippen LogP contribution is -2.30. The Morgan fingerprint density at radius 1 is 0.333 bits per heavy atom. The largest absolute Gasteiger partial charge is 0.462 e. The number of carbonyl (C=O) groups excluding carboxylic acids is 3. The number of allylic oxidation sites excluding steroid dienone is 20. The van der Waals surface area contributed by atoms with Crippen molar-refractivity contribution in [3.63, 3.8) is 0 Å². The zero-order chi connectivity index (χ0) is 45.8. The highest BCUT2D eigenvalue weighted by molar-refractivity contribution is 5.71. The van der Waals surface area contributed by atoms with Crippen LogP contribution in [0.3, 0.4) is 0 Å². The number of rotatable bonds is 43. The summed E-state index contributed by atoms with van der Waals surface area (Å²) in [5.74, 6) is -1.03. The molecule has 0 aliphatic heterocycles. The molecule has 354 valence electrons. The Bertz CT molecular complexity index is 1370. The minimum absolute atomic E-state index is 0.114. The minimum atomic E-state index is -0.821. The summed E-state index contributed by atoms with van der Waals surface area (Å²) in [7, 11) is 0. The molecule has 0 saturated carbocycles. The van der Waals surface area contributed by atoms with Gasteiger partial charge in [-0.25, -0.2) is 0 Å². The van der Waals surface area contributed by atoms with Crippen LogP contribution in [0.15, 0.2) is 122 Å². The number of hydrogen-bond donors (Lipinski definition) is 0. The molecule has 0 fully saturated rings. The van der Waals surface area contributed by atoms with Crippen molar-refractivity contribution in [3.8, 4) is 0 Å². The van der Waals surface area contributed by atoms with Crippen LogP contribution in [0.2, 0.25) is 0 Å². The van der Waals surface area contributed by atoms with Gasteiger partial charge in [0.05, 0.1) is 0 Å². The average molecular weight is 871 g/mol. The van der Waals surface area contributed by atoms with Crippen LogP contribution in [-0.4, -0.2) is 37.2 Å². The highest BCUT2D eigenvalue weighted by atomic mass is 16.6. The van der Waals surface area contributed by atoms with E-state index in [-0.39, 0.29) is 31.6 Å². The fourth-order valence-electron chi connectivity index (χ4n) is 6.28. The topological polar surface area (TPSA) is 78.9 Å². The van der Waals surface area contributed by atoms with Crippen LogP contribution < -0.4 is 0 Å². The van der Waals surface area contributed by atoms with Crippen molar-refractivity contribution in [1.82, 2.24) is 0 Å². The molecule has 0 heterocycles. The van der Waals surface area contributed by atoms with Gasteiger partial charge in [-0.15, -0.1) is 0 Å². The summed E-state index contributed by atoms with van der Waals surface area (Å²) in [6, 6.07) is 0. The molecule has 0 aromatic carbocycles. The molecular formula is C57H90O6. The first-order chi connectivity index (χ1) is 31.0. The average Bonchev–Trinajstić information content (AvgIpc) is 3.28. The molecule has 0 aliphatic carbocycles. The second kappa shape index (κ2) is 50.5. The summed E-state index contributed by atoms with van der Waals surface area (Å²) in [5.41, 5.74) is 0. The summed E-state index contributed by atoms with van der Waals surface area (Å²) >= 11 is 0. The summed E-state index contributed by atoms with van der Waals surface area (Å²) in [5, 5.41) is 0. The number of carbonyl (C=O) groups is 3. The standard InChI is InChI=1S/C57H90O6/c1-4-7-10-13-16-18-20-22-23-24-25-26-27-28-29-30-31-32-33-35-36-38-41-44-47-50-56(59)62-53-54(52-61-55(58)49-46-43-40-15-12-9-6-3)63-57(60)51-48-45-42-39-37-34-21-19-17-14-11-8-5-2/h7-8,10-11,16-19,22-23,25-26,28-29,31-32,34,37,42,45,54H,4-6,9,12-15,20-21,24,27,30,33,35-36,38-41,43-44,46-53H2,1-3H3/b10-7-,11-8-,18-16-,19-17-,23-22-,26-25-,29-28-,32-31-,37-34-,45-42-. The quantitative estimate of drug-likeness (QED) is 0.0263. The molecule has 0 bridgehead atoms. The van der Waals surface area contributed by atoms with Gasteiger partial charge in [-0.1, -0.05) is 206 Å². The van der Waals surface area contributed by atoms with Gasteiger partial charge in [-0.2, -0.15) is 0 Å². The van der Waals surface area contributed by atoms with Gasteiger partial charge in [-0.3, -0.25) is 14.4 Å². The molecule has 0 rings (SSSR count). The third-order valence-electron chi connectivity index (χ3n) is 9.98. The van der Waals surface area contributed by atoms with Crippen molar-refractivity contribution in [1.29, 1.82) is 0 Å². The van der Waals surface area contributed by atoms with Crippen LogP contribution >= 0.6 is 0 Å². The van der Waals surface area contributed by atoms with E-state index in [1.54, 1.807) is 0 Å². The van der Waals surface area contributed by atoms with Crippen molar-refractivity contribution in [2.45, 2.75) is 207 Å². The number of unbranched alkanes of at least 4 members (excludes halogenated alkanes) is 12. The van der Waals surface area contributed by atoms with Crippen LogP contribution in [0.25, 0.3) is 0 Å². The zero-order valence-electron chi connectivity index (χ0n) is 40.3. The van der Waals surface area contributed by atoms with E-state index in [1.165, 1.54) is 38.5 Å². The fourth-order valence-corrected chi connectivity index (χ4v) is 6.28. The van der Waals surface area contributed by atoms with E-state index < -0.39 is 12.1 Å². The van der Waals surface area contributed by atoms with Gasteiger partial charge >= 0.3 is 17.9 Å². The Kier molecular flexibility index (Phi) is 47.1. The van der Waals surface area contributed by atoms with Crippen LogP contribution in [0.4, 0.5) is 0 Å². The molecule has 0 radical (unpaired) electrons. The molecule has 0 amide bonds. The zero-order valence-corrected chi connectivity index (χ0v) is 40.3. The Balaban J connectivity index is 4.32. The first-order valence-electron chi connectivity index (χ1n) is 25.0. The minimum Gasteiger partial charge on any atom is -0.462 e. The number of ether oxygens (including phenoxy) is 3. The third-order valence-corrected chi connectivity index (χ3v) is 9.98. The van der Waals surface area contributed by atoms with Gasteiger partial charge in [-0.05, 0) is 96.3 Å². The van der Waals surface area contributed by atoms with E-state index in [1.807, 2.05) is 12.2 Å². The Labute approximate surface area is 386 Å². The molecule has 1 atom stereocenters. The van der Waals surface area contributed by atoms with E-state index in [4.69, 9.17) is 14.2 Å². The molecule has 0 N–H and O–H groups in total. The maximum absolute atomic E-state index is 12.7. The molecule has 0 saturated heterocycles. The van der Waals surface area contributed by atoms with Crippen LogP contribution in [0.1, 0.15) is 201 Å². The summed E-state index contributed by atoms with van der Waals surface area (Å²) in [6.45, 7) is 6.26. The van der Waals surface area contributed by atoms with Crippen molar-refractivity contribution < 1.29 is 28.6 Å². The molecule has 6 nitrogen and oxygen atoms in total. The van der Waals surface area contributed by atoms with Crippen LogP contribution in [0.5, 0.6) is 0 Å². The number of hydrogen-bond acceptors (Lipinski definition) is 6. The normalized spacial score (nSPS) is 13.1. The highest BCUT2D eigenvalue weighted by Gasteiger charge is 2.19. The first kappa shape index (κ1) is 58.8. The van der Waals surface area contributed by atoms with E-state index in [0.717, 1.165) is 116 Å². The molecule has 0 aromatic rings. The monoisotopic (exact) mass is 871 g/mol. The van der Waals surface area contributed by atoms with Crippen molar-refractivity contribution >= 4 is 17.9 Å².